The van der Waals surface area contributed by atoms with Crippen molar-refractivity contribution in [3.05, 3.63) is 0 Å². The molecule has 10 heteroatoms. The van der Waals surface area contributed by atoms with Gasteiger partial charge in [-0.05, 0) is 0 Å². The number of carbonyl (C=O) groups excluding carboxylic acids is 1. The highest BCUT2D eigenvalue weighted by Gasteiger charge is 2.29. The van der Waals surface area contributed by atoms with Crippen LogP contribution >= 0.6 is 0 Å². The van der Waals surface area contributed by atoms with E-state index in [1.54, 1.807) is 5.48 Å². The Balaban J connectivity index is 2.28. The number of carbonyl (C=O) groups is 1. The van der Waals surface area contributed by atoms with E-state index >= 15 is 0 Å². The van der Waals surface area contributed by atoms with E-state index in [4.69, 9.17) is 0 Å². The van der Waals surface area contributed by atoms with Crippen LogP contribution < -0.4 is 10.8 Å². The molecular formula is C8H13F3N2O4S. The highest BCUT2D eigenvalue weighted by molar-refractivity contribution is 7.91. The lowest BCUT2D eigenvalue weighted by Gasteiger charge is -2.22. The Hall–Kier alpha value is -0.870. The number of rotatable bonds is 4. The van der Waals surface area contributed by atoms with Crippen molar-refractivity contribution < 1.29 is 31.2 Å². The van der Waals surface area contributed by atoms with Crippen LogP contribution in [0.4, 0.5) is 13.2 Å². The zero-order valence-corrected chi connectivity index (χ0v) is 10.1. The fraction of sp³-hybridized carbons (Fsp3) is 0.875. The van der Waals surface area contributed by atoms with Gasteiger partial charge in [0.2, 0.25) is 5.91 Å². The lowest BCUT2D eigenvalue weighted by Crippen LogP contribution is -2.47. The molecule has 106 valence electrons. The fourth-order valence-corrected chi connectivity index (χ4v) is 2.91. The van der Waals surface area contributed by atoms with Crippen molar-refractivity contribution in [3.63, 3.8) is 0 Å². The summed E-state index contributed by atoms with van der Waals surface area (Å²) in [6, 6.07) is -0.599. The van der Waals surface area contributed by atoms with Gasteiger partial charge in [0.15, 0.2) is 16.4 Å². The van der Waals surface area contributed by atoms with Crippen LogP contribution in [0.5, 0.6) is 0 Å². The highest BCUT2D eigenvalue weighted by Crippen LogP contribution is 2.13. The molecule has 0 aromatic rings. The zero-order chi connectivity index (χ0) is 13.8. The van der Waals surface area contributed by atoms with Gasteiger partial charge >= 0.3 is 6.18 Å². The van der Waals surface area contributed by atoms with Crippen LogP contribution in [0, 0.1) is 0 Å². The molecule has 1 atom stereocenters. The third kappa shape index (κ3) is 6.17. The Morgan fingerprint density at radius 3 is 2.67 bits per heavy atom. The van der Waals surface area contributed by atoms with Crippen molar-refractivity contribution in [2.75, 3.05) is 24.7 Å². The minimum atomic E-state index is -4.53. The van der Waals surface area contributed by atoms with Crippen LogP contribution in [0.15, 0.2) is 0 Å². The predicted octanol–water partition coefficient (Wildman–Crippen LogP) is -0.627. The first-order valence-electron chi connectivity index (χ1n) is 5.09. The second-order valence-electron chi connectivity index (χ2n) is 3.90. The molecule has 18 heavy (non-hydrogen) atoms. The molecule has 0 saturated carbocycles. The molecule has 1 heterocycles. The summed E-state index contributed by atoms with van der Waals surface area (Å²) in [5.41, 5.74) is 1.62. The summed E-state index contributed by atoms with van der Waals surface area (Å²) in [6.07, 6.45) is -4.78. The monoisotopic (exact) mass is 290 g/mol. The fourth-order valence-electron chi connectivity index (χ4n) is 1.46. The molecule has 0 bridgehead atoms. The van der Waals surface area contributed by atoms with E-state index in [0.29, 0.717) is 0 Å². The lowest BCUT2D eigenvalue weighted by atomic mass is 10.2. The maximum Gasteiger partial charge on any atom is 0.414 e. The van der Waals surface area contributed by atoms with Crippen molar-refractivity contribution in [1.82, 2.24) is 10.8 Å². The molecule has 6 nitrogen and oxygen atoms in total. The average molecular weight is 290 g/mol. The SMILES string of the molecule is O=C(CC1CS(=O)(=O)CCN1)NOCC(F)(F)F. The molecule has 2 N–H and O–H groups in total. The smallest absolute Gasteiger partial charge is 0.311 e. The number of hydrogen-bond acceptors (Lipinski definition) is 5. The Bertz CT molecular complexity index is 396. The molecule has 0 aromatic heterocycles. The first-order chi connectivity index (χ1) is 8.18. The maximum atomic E-state index is 11.7. The van der Waals surface area contributed by atoms with Gasteiger partial charge in [-0.15, -0.1) is 0 Å². The van der Waals surface area contributed by atoms with Crippen LogP contribution in [-0.2, 0) is 19.5 Å². The molecule has 0 spiro atoms. The molecule has 1 fully saturated rings. The minimum absolute atomic E-state index is 0.00427. The Morgan fingerprint density at radius 2 is 2.11 bits per heavy atom. The molecule has 1 aliphatic heterocycles. The van der Waals surface area contributed by atoms with Crippen molar-refractivity contribution in [2.24, 2.45) is 0 Å². The molecule has 1 amide bonds. The summed E-state index contributed by atoms with van der Waals surface area (Å²) >= 11 is 0. The van der Waals surface area contributed by atoms with Gasteiger partial charge in [0, 0.05) is 19.0 Å². The van der Waals surface area contributed by atoms with E-state index in [1.165, 1.54) is 0 Å². The van der Waals surface area contributed by atoms with Gasteiger partial charge < -0.3 is 5.32 Å². The predicted molar refractivity (Wildman–Crippen MR) is 55.2 cm³/mol. The molecule has 0 aliphatic carbocycles. The first-order valence-corrected chi connectivity index (χ1v) is 6.91. The normalized spacial score (nSPS) is 23.6. The summed E-state index contributed by atoms with van der Waals surface area (Å²) in [5.74, 6) is -1.01. The lowest BCUT2D eigenvalue weighted by molar-refractivity contribution is -0.191. The van der Waals surface area contributed by atoms with Gasteiger partial charge in [0.05, 0.1) is 11.5 Å². The molecular weight excluding hydrogens is 277 g/mol. The standard InChI is InChI=1S/C8H13F3N2O4S/c9-8(10,11)5-17-13-7(14)3-6-4-18(15,16)2-1-12-6/h6,12H,1-5H2,(H,13,14). The molecule has 1 rings (SSSR count). The maximum absolute atomic E-state index is 11.7. The quantitative estimate of drug-likeness (QED) is 0.674. The minimum Gasteiger partial charge on any atom is -0.311 e. The third-order valence-corrected chi connectivity index (χ3v) is 3.89. The van der Waals surface area contributed by atoms with E-state index in [9.17, 15) is 26.4 Å². The van der Waals surface area contributed by atoms with Crippen LogP contribution in [-0.4, -0.2) is 51.2 Å². The Labute approximate surface area is 102 Å². The number of alkyl halides is 3. The van der Waals surface area contributed by atoms with Gasteiger partial charge in [-0.1, -0.05) is 0 Å². The highest BCUT2D eigenvalue weighted by atomic mass is 32.2. The summed E-state index contributed by atoms with van der Waals surface area (Å²) in [4.78, 5) is 15.1. The second kappa shape index (κ2) is 5.85. The third-order valence-electron chi connectivity index (χ3n) is 2.15. The van der Waals surface area contributed by atoms with Crippen LogP contribution in [0.25, 0.3) is 0 Å². The van der Waals surface area contributed by atoms with Gasteiger partial charge in [0.25, 0.3) is 0 Å². The summed E-state index contributed by atoms with van der Waals surface area (Å²) < 4.78 is 57.6. The number of nitrogens with one attached hydrogen (secondary N) is 2. The molecule has 1 unspecified atom stereocenters. The Kier molecular flexibility index (Phi) is 4.93. The van der Waals surface area contributed by atoms with Gasteiger partial charge in [0.1, 0.15) is 0 Å². The van der Waals surface area contributed by atoms with Crippen molar-refractivity contribution in [3.8, 4) is 0 Å². The van der Waals surface area contributed by atoms with Crippen molar-refractivity contribution in [1.29, 1.82) is 0 Å². The van der Waals surface area contributed by atoms with Crippen LogP contribution in [0.3, 0.4) is 0 Å². The Morgan fingerprint density at radius 1 is 1.44 bits per heavy atom. The largest absolute Gasteiger partial charge is 0.414 e. The van der Waals surface area contributed by atoms with E-state index in [1.807, 2.05) is 0 Å². The van der Waals surface area contributed by atoms with Gasteiger partial charge in [-0.3, -0.25) is 9.63 Å². The summed E-state index contributed by atoms with van der Waals surface area (Å²) in [7, 11) is -3.18. The average Bonchev–Trinajstić information content (AvgIpc) is 2.13. The van der Waals surface area contributed by atoms with Crippen molar-refractivity contribution in [2.45, 2.75) is 18.6 Å². The van der Waals surface area contributed by atoms with E-state index in [-0.39, 0.29) is 24.5 Å². The number of hydrogen-bond donors (Lipinski definition) is 2. The molecule has 1 aliphatic rings. The number of sulfone groups is 1. The summed E-state index contributed by atoms with van der Waals surface area (Å²) in [6.45, 7) is -1.36. The van der Waals surface area contributed by atoms with Crippen LogP contribution in [0.2, 0.25) is 0 Å². The van der Waals surface area contributed by atoms with Gasteiger partial charge in [-0.2, -0.15) is 13.2 Å². The second-order valence-corrected chi connectivity index (χ2v) is 6.13. The molecule has 0 radical (unpaired) electrons. The summed E-state index contributed by atoms with van der Waals surface area (Å²) in [5, 5.41) is 2.79. The topological polar surface area (TPSA) is 84.5 Å². The van der Waals surface area contributed by atoms with E-state index in [0.717, 1.165) is 0 Å². The number of hydroxylamine groups is 1. The number of amides is 1. The zero-order valence-electron chi connectivity index (χ0n) is 9.29. The first kappa shape index (κ1) is 15.2. The molecule has 1 saturated heterocycles. The van der Waals surface area contributed by atoms with E-state index < -0.39 is 34.6 Å². The van der Waals surface area contributed by atoms with E-state index in [2.05, 4.69) is 10.2 Å². The van der Waals surface area contributed by atoms with Crippen LogP contribution in [0.1, 0.15) is 6.42 Å². The molecule has 0 aromatic carbocycles. The number of halogens is 3. The van der Waals surface area contributed by atoms with Crippen molar-refractivity contribution >= 4 is 15.7 Å². The van der Waals surface area contributed by atoms with Gasteiger partial charge in [-0.25, -0.2) is 13.9 Å².